The van der Waals surface area contributed by atoms with Crippen molar-refractivity contribution in [1.82, 2.24) is 10.3 Å². The Morgan fingerprint density at radius 1 is 1.69 bits per heavy atom. The molecule has 1 rings (SSSR count). The normalized spacial score (nSPS) is 9.92. The first kappa shape index (κ1) is 10.1. The summed E-state index contributed by atoms with van der Waals surface area (Å²) in [6, 6.07) is 0. The highest BCUT2D eigenvalue weighted by atomic mass is 32.1. The molecule has 3 N–H and O–H groups in total. The van der Waals surface area contributed by atoms with Gasteiger partial charge in [-0.25, -0.2) is 4.98 Å². The van der Waals surface area contributed by atoms with E-state index in [1.165, 1.54) is 11.3 Å². The summed E-state index contributed by atoms with van der Waals surface area (Å²) >= 11 is 1.54. The van der Waals surface area contributed by atoms with Gasteiger partial charge in [-0.3, -0.25) is 4.79 Å². The molecule has 0 unspecified atom stereocenters. The summed E-state index contributed by atoms with van der Waals surface area (Å²) in [6.45, 7) is 1.09. The Balaban J connectivity index is 2.15. The van der Waals surface area contributed by atoms with Crippen molar-refractivity contribution in [3.8, 4) is 0 Å². The predicted molar refractivity (Wildman–Crippen MR) is 52.2 cm³/mol. The molecule has 0 atom stereocenters. The van der Waals surface area contributed by atoms with Crippen LogP contribution in [0.15, 0.2) is 11.6 Å². The van der Waals surface area contributed by atoms with Crippen molar-refractivity contribution in [1.29, 1.82) is 0 Å². The second kappa shape index (κ2) is 5.66. The van der Waals surface area contributed by atoms with Crippen LogP contribution in [0.5, 0.6) is 0 Å². The first-order chi connectivity index (χ1) is 6.33. The van der Waals surface area contributed by atoms with Crippen LogP contribution in [0.25, 0.3) is 0 Å². The maximum Gasteiger partial charge on any atom is 0.220 e. The molecule has 0 spiro atoms. The van der Waals surface area contributed by atoms with Crippen LogP contribution in [0.4, 0.5) is 0 Å². The lowest BCUT2D eigenvalue weighted by molar-refractivity contribution is -0.121. The van der Waals surface area contributed by atoms with E-state index in [1.807, 2.05) is 5.38 Å². The Labute approximate surface area is 81.2 Å². The van der Waals surface area contributed by atoms with Gasteiger partial charge >= 0.3 is 0 Å². The molecule has 4 nitrogen and oxygen atoms in total. The average molecular weight is 199 g/mol. The third kappa shape index (κ3) is 4.00. The lowest BCUT2D eigenvalue weighted by Crippen LogP contribution is -2.23. The van der Waals surface area contributed by atoms with Gasteiger partial charge in [0.05, 0.1) is 6.54 Å². The SMILES string of the molecule is NCCCC(=O)NCc1nccs1. The quantitative estimate of drug-likeness (QED) is 0.725. The minimum atomic E-state index is 0.0423. The van der Waals surface area contributed by atoms with Gasteiger partial charge in [0.25, 0.3) is 0 Å². The summed E-state index contributed by atoms with van der Waals surface area (Å²) in [5.41, 5.74) is 5.28. The van der Waals surface area contributed by atoms with Gasteiger partial charge in [0.15, 0.2) is 0 Å². The van der Waals surface area contributed by atoms with E-state index in [0.717, 1.165) is 11.4 Å². The Morgan fingerprint density at radius 3 is 3.15 bits per heavy atom. The van der Waals surface area contributed by atoms with Gasteiger partial charge in [-0.2, -0.15) is 0 Å². The maximum absolute atomic E-state index is 11.1. The largest absolute Gasteiger partial charge is 0.350 e. The van der Waals surface area contributed by atoms with Gasteiger partial charge in [0.1, 0.15) is 5.01 Å². The molecule has 1 heterocycles. The van der Waals surface area contributed by atoms with Crippen LogP contribution in [-0.4, -0.2) is 17.4 Å². The molecule has 0 fully saturated rings. The van der Waals surface area contributed by atoms with E-state index in [-0.39, 0.29) is 5.91 Å². The third-order valence-electron chi connectivity index (χ3n) is 1.53. The minimum absolute atomic E-state index is 0.0423. The first-order valence-electron chi connectivity index (χ1n) is 4.18. The Kier molecular flexibility index (Phi) is 4.42. The second-order valence-electron chi connectivity index (χ2n) is 2.59. The van der Waals surface area contributed by atoms with Crippen molar-refractivity contribution in [2.24, 2.45) is 5.73 Å². The van der Waals surface area contributed by atoms with Gasteiger partial charge in [0, 0.05) is 18.0 Å². The molecule has 0 aliphatic carbocycles. The fourth-order valence-electron chi connectivity index (χ4n) is 0.865. The summed E-state index contributed by atoms with van der Waals surface area (Å²) in [7, 11) is 0. The zero-order valence-corrected chi connectivity index (χ0v) is 8.14. The number of nitrogens with zero attached hydrogens (tertiary/aromatic N) is 1. The number of carbonyl (C=O) groups is 1. The smallest absolute Gasteiger partial charge is 0.220 e. The van der Waals surface area contributed by atoms with Crippen molar-refractivity contribution in [2.75, 3.05) is 6.54 Å². The van der Waals surface area contributed by atoms with Crippen LogP contribution >= 0.6 is 11.3 Å². The van der Waals surface area contributed by atoms with E-state index < -0.39 is 0 Å². The molecule has 0 aliphatic heterocycles. The summed E-state index contributed by atoms with van der Waals surface area (Å²) in [6.07, 6.45) is 2.97. The molecule has 0 saturated heterocycles. The highest BCUT2D eigenvalue weighted by Crippen LogP contribution is 2.02. The molecule has 13 heavy (non-hydrogen) atoms. The van der Waals surface area contributed by atoms with Crippen molar-refractivity contribution < 1.29 is 4.79 Å². The Bertz CT molecular complexity index is 248. The number of aromatic nitrogens is 1. The zero-order chi connectivity index (χ0) is 9.52. The van der Waals surface area contributed by atoms with E-state index in [9.17, 15) is 4.79 Å². The summed E-state index contributed by atoms with van der Waals surface area (Å²) in [5, 5.41) is 5.60. The van der Waals surface area contributed by atoms with Crippen LogP contribution in [0.1, 0.15) is 17.8 Å². The van der Waals surface area contributed by atoms with Crippen molar-refractivity contribution >= 4 is 17.2 Å². The van der Waals surface area contributed by atoms with Crippen molar-refractivity contribution in [2.45, 2.75) is 19.4 Å². The maximum atomic E-state index is 11.1. The number of amides is 1. The van der Waals surface area contributed by atoms with Crippen molar-refractivity contribution in [3.05, 3.63) is 16.6 Å². The molecule has 1 aromatic rings. The molecule has 0 aromatic carbocycles. The third-order valence-corrected chi connectivity index (χ3v) is 2.31. The lowest BCUT2D eigenvalue weighted by Gasteiger charge is -2.01. The van der Waals surface area contributed by atoms with Gasteiger partial charge < -0.3 is 11.1 Å². The molecule has 0 radical (unpaired) electrons. The van der Waals surface area contributed by atoms with Crippen LogP contribution in [0, 0.1) is 0 Å². The summed E-state index contributed by atoms with van der Waals surface area (Å²) < 4.78 is 0. The van der Waals surface area contributed by atoms with Crippen LogP contribution < -0.4 is 11.1 Å². The molecule has 1 aromatic heterocycles. The van der Waals surface area contributed by atoms with E-state index in [2.05, 4.69) is 10.3 Å². The number of hydrogen-bond acceptors (Lipinski definition) is 4. The number of nitrogens with two attached hydrogens (primary N) is 1. The van der Waals surface area contributed by atoms with Gasteiger partial charge in [-0.05, 0) is 13.0 Å². The number of hydrogen-bond donors (Lipinski definition) is 2. The molecule has 0 saturated carbocycles. The van der Waals surface area contributed by atoms with E-state index in [4.69, 9.17) is 5.73 Å². The Hall–Kier alpha value is -0.940. The van der Waals surface area contributed by atoms with Crippen LogP contribution in [0.2, 0.25) is 0 Å². The lowest BCUT2D eigenvalue weighted by atomic mass is 10.3. The molecular weight excluding hydrogens is 186 g/mol. The summed E-state index contributed by atoms with van der Waals surface area (Å²) in [4.78, 5) is 15.2. The molecule has 5 heteroatoms. The highest BCUT2D eigenvalue weighted by molar-refractivity contribution is 7.09. The van der Waals surface area contributed by atoms with E-state index in [1.54, 1.807) is 6.20 Å². The van der Waals surface area contributed by atoms with Gasteiger partial charge in [0.2, 0.25) is 5.91 Å². The minimum Gasteiger partial charge on any atom is -0.350 e. The second-order valence-corrected chi connectivity index (χ2v) is 3.57. The molecule has 0 bridgehead atoms. The van der Waals surface area contributed by atoms with E-state index in [0.29, 0.717) is 19.5 Å². The first-order valence-corrected chi connectivity index (χ1v) is 5.06. The van der Waals surface area contributed by atoms with Crippen LogP contribution in [0.3, 0.4) is 0 Å². The Morgan fingerprint density at radius 2 is 2.54 bits per heavy atom. The van der Waals surface area contributed by atoms with Crippen molar-refractivity contribution in [3.63, 3.8) is 0 Å². The fraction of sp³-hybridized carbons (Fsp3) is 0.500. The summed E-state index contributed by atoms with van der Waals surface area (Å²) in [5.74, 6) is 0.0423. The van der Waals surface area contributed by atoms with E-state index >= 15 is 0 Å². The predicted octanol–water partition coefficient (Wildman–Crippen LogP) is 0.498. The van der Waals surface area contributed by atoms with Gasteiger partial charge in [-0.15, -0.1) is 11.3 Å². The van der Waals surface area contributed by atoms with Crippen LogP contribution in [-0.2, 0) is 11.3 Å². The number of carbonyl (C=O) groups excluding carboxylic acids is 1. The standard InChI is InChI=1S/C8H13N3OS/c9-3-1-2-7(12)11-6-8-10-4-5-13-8/h4-5H,1-3,6,9H2,(H,11,12). The molecule has 0 aliphatic rings. The number of rotatable bonds is 5. The highest BCUT2D eigenvalue weighted by Gasteiger charge is 2.00. The molecule has 72 valence electrons. The zero-order valence-electron chi connectivity index (χ0n) is 7.32. The fourth-order valence-corrected chi connectivity index (χ4v) is 1.42. The molecular formula is C8H13N3OS. The number of thiazole rings is 1. The van der Waals surface area contributed by atoms with Gasteiger partial charge in [-0.1, -0.05) is 0 Å². The molecule has 1 amide bonds. The number of nitrogens with one attached hydrogen (secondary N) is 1. The monoisotopic (exact) mass is 199 g/mol. The topological polar surface area (TPSA) is 68.0 Å². The average Bonchev–Trinajstić information content (AvgIpc) is 2.64.